The van der Waals surface area contributed by atoms with Crippen molar-refractivity contribution in [2.24, 2.45) is 7.05 Å². The highest BCUT2D eigenvalue weighted by molar-refractivity contribution is 7.17. The number of nitrogens with zero attached hydrogens (tertiary/aromatic N) is 2. The number of carbonyl (C=O) groups is 1. The molecule has 0 spiro atoms. The molecule has 0 atom stereocenters. The number of thiophene rings is 1. The predicted octanol–water partition coefficient (Wildman–Crippen LogP) is 5.62. The molecule has 0 amide bonds. The van der Waals surface area contributed by atoms with Gasteiger partial charge in [0, 0.05) is 23.5 Å². The highest BCUT2D eigenvalue weighted by Gasteiger charge is 2.22. The molecule has 0 unspecified atom stereocenters. The van der Waals surface area contributed by atoms with E-state index in [2.05, 4.69) is 35.7 Å². The Balaban J connectivity index is 1.81. The summed E-state index contributed by atoms with van der Waals surface area (Å²) in [4.78, 5) is 12.4. The molecule has 2 aromatic heterocycles. The summed E-state index contributed by atoms with van der Waals surface area (Å²) in [6.45, 7) is 2.06. The molecule has 4 nitrogen and oxygen atoms in total. The van der Waals surface area contributed by atoms with Gasteiger partial charge in [-0.3, -0.25) is 0 Å². The summed E-state index contributed by atoms with van der Waals surface area (Å²) in [6.07, 6.45) is 1.67. The molecule has 0 aliphatic heterocycles. The molecular formula is C23H18N2O2S. The zero-order valence-corrected chi connectivity index (χ0v) is 16.4. The molecule has 0 aliphatic carbocycles. The van der Waals surface area contributed by atoms with Crippen LogP contribution in [0.2, 0.25) is 0 Å². The second-order valence-corrected chi connectivity index (χ2v) is 7.35. The molecule has 0 aliphatic rings. The maximum absolute atomic E-state index is 12.4. The van der Waals surface area contributed by atoms with E-state index in [4.69, 9.17) is 4.74 Å². The summed E-state index contributed by atoms with van der Waals surface area (Å²) in [7, 11) is 1.75. The average molecular weight is 386 g/mol. The van der Waals surface area contributed by atoms with E-state index in [0.717, 1.165) is 11.1 Å². The minimum absolute atomic E-state index is 0.287. The lowest BCUT2D eigenvalue weighted by molar-refractivity contribution is 0.0516. The molecule has 2 aromatic carbocycles. The van der Waals surface area contributed by atoms with E-state index in [1.54, 1.807) is 36.1 Å². The quantitative estimate of drug-likeness (QED) is 0.428. The van der Waals surface area contributed by atoms with Crippen molar-refractivity contribution < 1.29 is 9.53 Å². The van der Waals surface area contributed by atoms with Gasteiger partial charge in [0.05, 0.1) is 12.2 Å². The number of nitriles is 1. The number of rotatable bonds is 4. The Hall–Kier alpha value is -3.36. The Morgan fingerprint density at radius 1 is 1.14 bits per heavy atom. The fourth-order valence-corrected chi connectivity index (χ4v) is 4.42. The summed E-state index contributed by atoms with van der Waals surface area (Å²) in [5.41, 5.74) is 4.57. The van der Waals surface area contributed by atoms with Gasteiger partial charge in [-0.25, -0.2) is 4.79 Å². The van der Waals surface area contributed by atoms with Gasteiger partial charge in [-0.15, -0.1) is 11.3 Å². The van der Waals surface area contributed by atoms with Gasteiger partial charge in [-0.05, 0) is 40.4 Å². The summed E-state index contributed by atoms with van der Waals surface area (Å²) in [5.74, 6) is -0.422. The van der Waals surface area contributed by atoms with Crippen LogP contribution in [0.1, 0.15) is 23.0 Å². The van der Waals surface area contributed by atoms with Crippen molar-refractivity contribution in [3.8, 4) is 28.3 Å². The number of carbonyl (C=O) groups excluding carboxylic acids is 1. The molecule has 5 heteroatoms. The second-order valence-electron chi connectivity index (χ2n) is 6.43. The molecule has 0 saturated heterocycles. The van der Waals surface area contributed by atoms with E-state index in [-0.39, 0.29) is 6.61 Å². The Morgan fingerprint density at radius 2 is 1.89 bits per heavy atom. The molecule has 0 fully saturated rings. The van der Waals surface area contributed by atoms with Crippen LogP contribution in [-0.2, 0) is 11.8 Å². The van der Waals surface area contributed by atoms with Crippen molar-refractivity contribution in [1.82, 2.24) is 4.57 Å². The van der Waals surface area contributed by atoms with Gasteiger partial charge in [0.2, 0.25) is 0 Å². The van der Waals surface area contributed by atoms with E-state index < -0.39 is 5.97 Å². The molecule has 0 bridgehead atoms. The summed E-state index contributed by atoms with van der Waals surface area (Å²) < 4.78 is 8.10. The Morgan fingerprint density at radius 3 is 2.61 bits per heavy atom. The molecule has 138 valence electrons. The molecule has 0 radical (unpaired) electrons. The van der Waals surface area contributed by atoms with E-state index in [1.165, 1.54) is 15.6 Å². The molecule has 4 aromatic rings. The van der Waals surface area contributed by atoms with Gasteiger partial charge in [0.25, 0.3) is 0 Å². The first kappa shape index (κ1) is 18.0. The largest absolute Gasteiger partial charge is 0.461 e. The number of ether oxygens (including phenoxy) is 1. The van der Waals surface area contributed by atoms with E-state index in [1.807, 2.05) is 24.3 Å². The lowest BCUT2D eigenvalue weighted by Crippen LogP contribution is -2.10. The maximum Gasteiger partial charge on any atom is 0.355 e. The average Bonchev–Trinajstić information content (AvgIpc) is 3.32. The highest BCUT2D eigenvalue weighted by atomic mass is 32.1. The summed E-state index contributed by atoms with van der Waals surface area (Å²) in [6, 6.07) is 18.6. The first-order chi connectivity index (χ1) is 13.6. The van der Waals surface area contributed by atoms with Gasteiger partial charge in [-0.2, -0.15) is 5.26 Å². The molecule has 28 heavy (non-hydrogen) atoms. The van der Waals surface area contributed by atoms with Crippen molar-refractivity contribution in [2.45, 2.75) is 6.92 Å². The fraction of sp³-hybridized carbons (Fsp3) is 0.130. The van der Waals surface area contributed by atoms with Gasteiger partial charge < -0.3 is 9.30 Å². The number of aryl methyl sites for hydroxylation is 1. The van der Waals surface area contributed by atoms with Crippen molar-refractivity contribution in [3.63, 3.8) is 0 Å². The van der Waals surface area contributed by atoms with Crippen molar-refractivity contribution in [2.75, 3.05) is 6.61 Å². The maximum atomic E-state index is 12.4. The highest BCUT2D eigenvalue weighted by Crippen LogP contribution is 2.35. The van der Waals surface area contributed by atoms with Gasteiger partial charge >= 0.3 is 5.97 Å². The van der Waals surface area contributed by atoms with Crippen molar-refractivity contribution >= 4 is 27.4 Å². The minimum Gasteiger partial charge on any atom is -0.461 e. The molecule has 4 rings (SSSR count). The number of esters is 1. The van der Waals surface area contributed by atoms with Crippen molar-refractivity contribution in [1.29, 1.82) is 5.26 Å². The smallest absolute Gasteiger partial charge is 0.355 e. The topological polar surface area (TPSA) is 55.0 Å². The van der Waals surface area contributed by atoms with Crippen LogP contribution in [-0.4, -0.2) is 17.1 Å². The predicted molar refractivity (Wildman–Crippen MR) is 112 cm³/mol. The van der Waals surface area contributed by atoms with Crippen LogP contribution in [0.4, 0.5) is 0 Å². The minimum atomic E-state index is -0.422. The first-order valence-electron chi connectivity index (χ1n) is 8.97. The molecule has 0 saturated carbocycles. The van der Waals surface area contributed by atoms with Crippen LogP contribution in [0.5, 0.6) is 0 Å². The van der Waals surface area contributed by atoms with Crippen LogP contribution in [0.25, 0.3) is 32.3 Å². The van der Waals surface area contributed by atoms with E-state index >= 15 is 0 Å². The number of hydrogen-bond acceptors (Lipinski definition) is 4. The SMILES string of the molecule is CCOC(=O)c1c(-c2ccc(-c3cccc4ccsc34)cc2)c(C#N)cn1C. The third-order valence-corrected chi connectivity index (χ3v) is 5.70. The van der Waals surface area contributed by atoms with Gasteiger partial charge in [-0.1, -0.05) is 42.5 Å². The lowest BCUT2D eigenvalue weighted by Gasteiger charge is -2.09. The van der Waals surface area contributed by atoms with Crippen LogP contribution in [0.3, 0.4) is 0 Å². The number of aromatic nitrogens is 1. The third kappa shape index (κ3) is 2.98. The zero-order valence-electron chi connectivity index (χ0n) is 15.6. The normalized spacial score (nSPS) is 10.8. The molecular weight excluding hydrogens is 368 g/mol. The van der Waals surface area contributed by atoms with Gasteiger partial charge in [0.15, 0.2) is 0 Å². The number of benzene rings is 2. The van der Waals surface area contributed by atoms with Crippen LogP contribution >= 0.6 is 11.3 Å². The second kappa shape index (κ2) is 7.34. The Bertz CT molecular complexity index is 1210. The zero-order chi connectivity index (χ0) is 19.7. The van der Waals surface area contributed by atoms with Crippen LogP contribution in [0.15, 0.2) is 60.1 Å². The Labute approximate surface area is 167 Å². The van der Waals surface area contributed by atoms with Crippen LogP contribution < -0.4 is 0 Å². The molecule has 0 N–H and O–H groups in total. The first-order valence-corrected chi connectivity index (χ1v) is 9.85. The fourth-order valence-electron chi connectivity index (χ4n) is 3.49. The van der Waals surface area contributed by atoms with E-state index in [9.17, 15) is 10.1 Å². The van der Waals surface area contributed by atoms with E-state index in [0.29, 0.717) is 16.8 Å². The van der Waals surface area contributed by atoms with Crippen LogP contribution in [0, 0.1) is 11.3 Å². The van der Waals surface area contributed by atoms with Gasteiger partial charge in [0.1, 0.15) is 11.8 Å². The van der Waals surface area contributed by atoms with Crippen molar-refractivity contribution in [3.05, 3.63) is 71.4 Å². The lowest BCUT2D eigenvalue weighted by atomic mass is 9.97. The third-order valence-electron chi connectivity index (χ3n) is 4.73. The summed E-state index contributed by atoms with van der Waals surface area (Å²) in [5, 5.41) is 12.9. The number of fused-ring (bicyclic) bond motifs is 1. The number of hydrogen-bond donors (Lipinski definition) is 0. The Kier molecular flexibility index (Phi) is 4.72. The molecule has 2 heterocycles. The summed E-state index contributed by atoms with van der Waals surface area (Å²) >= 11 is 1.72. The monoisotopic (exact) mass is 386 g/mol. The standard InChI is InChI=1S/C23H18N2O2S/c1-3-27-23(26)21-20(18(13-24)14-25(21)2)16-9-7-15(8-10-16)19-6-4-5-17-11-12-28-22(17)19/h4-12,14H,3H2,1-2H3.